The number of aromatic nitrogens is 2. The van der Waals surface area contributed by atoms with E-state index in [9.17, 15) is 4.79 Å². The number of thioether (sulfide) groups is 1. The molecule has 0 fully saturated rings. The maximum Gasteiger partial charge on any atom is 0.228 e. The molecule has 0 saturated heterocycles. The molecule has 2 heterocycles. The van der Waals surface area contributed by atoms with Crippen LogP contribution in [0.3, 0.4) is 0 Å². The van der Waals surface area contributed by atoms with E-state index < -0.39 is 0 Å². The highest BCUT2D eigenvalue weighted by atomic mass is 32.2. The summed E-state index contributed by atoms with van der Waals surface area (Å²) >= 11 is 3.28. The first-order valence-electron chi connectivity index (χ1n) is 7.98. The van der Waals surface area contributed by atoms with Crippen LogP contribution in [0.5, 0.6) is 0 Å². The van der Waals surface area contributed by atoms with Crippen LogP contribution < -0.4 is 0 Å². The van der Waals surface area contributed by atoms with Crippen molar-refractivity contribution in [1.82, 2.24) is 15.0 Å². The lowest BCUT2D eigenvalue weighted by molar-refractivity contribution is -0.129. The quantitative estimate of drug-likeness (QED) is 0.583. The molecule has 0 N–H and O–H groups in total. The number of benzene rings is 1. The van der Waals surface area contributed by atoms with Gasteiger partial charge in [0.15, 0.2) is 5.76 Å². The first-order valence-corrected chi connectivity index (χ1v) is 9.84. The van der Waals surface area contributed by atoms with Crippen molar-refractivity contribution in [3.8, 4) is 11.3 Å². The monoisotopic (exact) mass is 373 g/mol. The highest BCUT2D eigenvalue weighted by molar-refractivity contribution is 8.00. The lowest BCUT2D eigenvalue weighted by Gasteiger charge is -2.14. The summed E-state index contributed by atoms with van der Waals surface area (Å²) in [5.74, 6) is 1.70. The zero-order valence-electron chi connectivity index (χ0n) is 14.1. The van der Waals surface area contributed by atoms with Crippen molar-refractivity contribution in [2.24, 2.45) is 0 Å². The van der Waals surface area contributed by atoms with Crippen molar-refractivity contribution in [2.75, 3.05) is 12.8 Å². The molecule has 0 radical (unpaired) electrons. The lowest BCUT2D eigenvalue weighted by Crippen LogP contribution is -2.27. The Morgan fingerprint density at radius 1 is 1.28 bits per heavy atom. The molecule has 1 aromatic carbocycles. The fourth-order valence-electron chi connectivity index (χ4n) is 2.31. The van der Waals surface area contributed by atoms with Gasteiger partial charge in [0.2, 0.25) is 5.91 Å². The average molecular weight is 374 g/mol. The van der Waals surface area contributed by atoms with E-state index in [0.29, 0.717) is 18.7 Å². The van der Waals surface area contributed by atoms with Crippen LogP contribution in [0.4, 0.5) is 0 Å². The number of thiazole rings is 1. The van der Waals surface area contributed by atoms with Gasteiger partial charge < -0.3 is 9.42 Å². The molecular formula is C18H19N3O2S2. The third kappa shape index (κ3) is 4.70. The van der Waals surface area contributed by atoms with E-state index in [2.05, 4.69) is 17.1 Å². The molecule has 130 valence electrons. The lowest BCUT2D eigenvalue weighted by atomic mass is 10.1. The molecule has 0 aliphatic heterocycles. The molecule has 2 aromatic heterocycles. The molecule has 3 rings (SSSR count). The zero-order chi connectivity index (χ0) is 17.6. The van der Waals surface area contributed by atoms with Crippen LogP contribution in [-0.2, 0) is 17.8 Å². The number of hydrogen-bond donors (Lipinski definition) is 0. The molecular weight excluding hydrogens is 354 g/mol. The smallest absolute Gasteiger partial charge is 0.228 e. The summed E-state index contributed by atoms with van der Waals surface area (Å²) in [6, 6.07) is 11.7. The van der Waals surface area contributed by atoms with Gasteiger partial charge >= 0.3 is 0 Å². The highest BCUT2D eigenvalue weighted by Gasteiger charge is 2.15. The third-order valence-corrected chi connectivity index (χ3v) is 5.53. The van der Waals surface area contributed by atoms with E-state index in [1.165, 1.54) is 0 Å². The molecule has 0 spiro atoms. The summed E-state index contributed by atoms with van der Waals surface area (Å²) in [4.78, 5) is 18.5. The van der Waals surface area contributed by atoms with Crippen LogP contribution in [0.15, 0.2) is 50.6 Å². The fraction of sp³-hybridized carbons (Fsp3) is 0.278. The number of likely N-dealkylation sites (N-methyl/N-ethyl adjacent to an activating group) is 1. The molecule has 0 atom stereocenters. The Labute approximate surface area is 155 Å². The Bertz CT molecular complexity index is 830. The van der Waals surface area contributed by atoms with Gasteiger partial charge in [-0.05, 0) is 5.75 Å². The largest absolute Gasteiger partial charge is 0.356 e. The van der Waals surface area contributed by atoms with Crippen LogP contribution in [0.25, 0.3) is 11.3 Å². The fourth-order valence-corrected chi connectivity index (χ4v) is 4.05. The molecule has 0 saturated carbocycles. The SMILES string of the molecule is CCSc1nc(CC(=O)N(C)Cc2cc(-c3ccccc3)on2)cs1. The molecule has 7 heteroatoms. The van der Waals surface area contributed by atoms with Crippen molar-refractivity contribution in [1.29, 1.82) is 0 Å². The summed E-state index contributed by atoms with van der Waals surface area (Å²) in [6.07, 6.45) is 0.306. The number of carbonyl (C=O) groups excluding carboxylic acids is 1. The van der Waals surface area contributed by atoms with Gasteiger partial charge in [-0.1, -0.05) is 54.2 Å². The minimum atomic E-state index is 0.0163. The molecule has 0 bridgehead atoms. The van der Waals surface area contributed by atoms with Gasteiger partial charge in [-0.15, -0.1) is 11.3 Å². The van der Waals surface area contributed by atoms with E-state index >= 15 is 0 Å². The molecule has 5 nitrogen and oxygen atoms in total. The summed E-state index contributed by atoms with van der Waals surface area (Å²) in [5, 5.41) is 6.02. The summed E-state index contributed by atoms with van der Waals surface area (Å²) in [7, 11) is 1.77. The van der Waals surface area contributed by atoms with E-state index in [0.717, 1.165) is 27.0 Å². The number of nitrogens with zero attached hydrogens (tertiary/aromatic N) is 3. The number of rotatable bonds is 7. The van der Waals surface area contributed by atoms with Crippen LogP contribution in [0.1, 0.15) is 18.3 Å². The van der Waals surface area contributed by atoms with E-state index in [4.69, 9.17) is 4.52 Å². The van der Waals surface area contributed by atoms with Crippen molar-refractivity contribution in [3.63, 3.8) is 0 Å². The molecule has 3 aromatic rings. The maximum atomic E-state index is 12.4. The minimum Gasteiger partial charge on any atom is -0.356 e. The summed E-state index contributed by atoms with van der Waals surface area (Å²) in [6.45, 7) is 2.50. The zero-order valence-corrected chi connectivity index (χ0v) is 15.8. The van der Waals surface area contributed by atoms with Crippen molar-refractivity contribution < 1.29 is 9.32 Å². The standard InChI is InChI=1S/C18H19N3O2S2/c1-3-24-18-19-15(12-25-18)10-17(22)21(2)11-14-9-16(23-20-14)13-7-5-4-6-8-13/h4-9,12H,3,10-11H2,1-2H3. The Balaban J connectivity index is 1.58. The number of hydrogen-bond acceptors (Lipinski definition) is 6. The minimum absolute atomic E-state index is 0.0163. The molecule has 25 heavy (non-hydrogen) atoms. The van der Waals surface area contributed by atoms with Gasteiger partial charge in [0.25, 0.3) is 0 Å². The van der Waals surface area contributed by atoms with Crippen LogP contribution in [-0.4, -0.2) is 33.7 Å². The molecule has 0 aliphatic carbocycles. The van der Waals surface area contributed by atoms with Crippen molar-refractivity contribution >= 4 is 29.0 Å². The van der Waals surface area contributed by atoms with E-state index in [-0.39, 0.29) is 5.91 Å². The van der Waals surface area contributed by atoms with Gasteiger partial charge in [-0.25, -0.2) is 4.98 Å². The molecule has 1 amide bonds. The van der Waals surface area contributed by atoms with Crippen LogP contribution in [0, 0.1) is 0 Å². The topological polar surface area (TPSA) is 59.2 Å². The number of carbonyl (C=O) groups is 1. The summed E-state index contributed by atoms with van der Waals surface area (Å²) < 4.78 is 6.39. The first-order chi connectivity index (χ1) is 12.2. The normalized spacial score (nSPS) is 10.8. The van der Waals surface area contributed by atoms with Gasteiger partial charge in [0.05, 0.1) is 18.7 Å². The van der Waals surface area contributed by atoms with E-state index in [1.807, 2.05) is 41.8 Å². The second-order valence-electron chi connectivity index (χ2n) is 5.51. The predicted molar refractivity (Wildman–Crippen MR) is 101 cm³/mol. The average Bonchev–Trinajstić information content (AvgIpc) is 3.26. The molecule has 0 aliphatic rings. The predicted octanol–water partition coefficient (Wildman–Crippen LogP) is 4.11. The van der Waals surface area contributed by atoms with Gasteiger partial charge in [0, 0.05) is 24.1 Å². The summed E-state index contributed by atoms with van der Waals surface area (Å²) in [5.41, 5.74) is 2.52. The van der Waals surface area contributed by atoms with Gasteiger partial charge in [-0.3, -0.25) is 4.79 Å². The Hall–Kier alpha value is -2.12. The first kappa shape index (κ1) is 17.7. The highest BCUT2D eigenvalue weighted by Crippen LogP contribution is 2.23. The van der Waals surface area contributed by atoms with Gasteiger partial charge in [-0.2, -0.15) is 0 Å². The molecule has 0 unspecified atom stereocenters. The second kappa shape index (κ2) is 8.31. The second-order valence-corrected chi connectivity index (χ2v) is 7.88. The van der Waals surface area contributed by atoms with Crippen LogP contribution in [0.2, 0.25) is 0 Å². The van der Waals surface area contributed by atoms with Crippen molar-refractivity contribution in [3.05, 3.63) is 53.2 Å². The Kier molecular flexibility index (Phi) is 5.88. The van der Waals surface area contributed by atoms with Crippen molar-refractivity contribution in [2.45, 2.75) is 24.2 Å². The van der Waals surface area contributed by atoms with E-state index in [1.54, 1.807) is 35.0 Å². The maximum absolute atomic E-state index is 12.4. The van der Waals surface area contributed by atoms with Crippen LogP contribution >= 0.6 is 23.1 Å². The Morgan fingerprint density at radius 2 is 2.08 bits per heavy atom. The van der Waals surface area contributed by atoms with Gasteiger partial charge in [0.1, 0.15) is 10.0 Å². The third-order valence-electron chi connectivity index (χ3n) is 3.57. The Morgan fingerprint density at radius 3 is 2.84 bits per heavy atom. The number of amides is 1.